The molecule has 0 saturated carbocycles. The van der Waals surface area contributed by atoms with Gasteiger partial charge in [-0.15, -0.1) is 0 Å². The molecule has 2 heterocycles. The standard InChI is InChI=1S/C18H16Cl2N4S/c1-2-23-16-10-21-17(12-5-3-4-6-14(12)20)13-9-11(19)7-8-15(13)24(16)18(25)22-23/h3-9,16H,2,10H2,1H3,(H,22,25). The van der Waals surface area contributed by atoms with E-state index in [2.05, 4.69) is 22.3 Å². The molecule has 7 heteroatoms. The Balaban J connectivity index is 1.93. The number of thiocarbonyl (C=S) groups is 1. The number of rotatable bonds is 2. The van der Waals surface area contributed by atoms with E-state index in [1.165, 1.54) is 0 Å². The monoisotopic (exact) mass is 390 g/mol. The zero-order valence-corrected chi connectivity index (χ0v) is 15.9. The number of likely N-dealkylation sites (N-methyl/N-ethyl adjacent to an activating group) is 1. The molecule has 2 aliphatic heterocycles. The molecule has 0 aromatic heterocycles. The van der Waals surface area contributed by atoms with Crippen molar-refractivity contribution < 1.29 is 0 Å². The molecule has 0 spiro atoms. The van der Waals surface area contributed by atoms with Gasteiger partial charge in [0.2, 0.25) is 0 Å². The number of anilines is 1. The van der Waals surface area contributed by atoms with Crippen LogP contribution in [-0.4, -0.2) is 35.1 Å². The average Bonchev–Trinajstić information content (AvgIpc) is 2.82. The Bertz CT molecular complexity index is 883. The van der Waals surface area contributed by atoms with Gasteiger partial charge in [0.05, 0.1) is 17.9 Å². The summed E-state index contributed by atoms with van der Waals surface area (Å²) in [7, 11) is 0. The fourth-order valence-corrected chi connectivity index (χ4v) is 4.05. The third-order valence-electron chi connectivity index (χ3n) is 4.47. The third-order valence-corrected chi connectivity index (χ3v) is 5.32. The summed E-state index contributed by atoms with van der Waals surface area (Å²) in [5.41, 5.74) is 6.92. The van der Waals surface area contributed by atoms with Crippen LogP contribution in [0.2, 0.25) is 10.0 Å². The lowest BCUT2D eigenvalue weighted by Gasteiger charge is -2.26. The number of benzene rings is 2. The van der Waals surface area contributed by atoms with E-state index in [4.69, 9.17) is 40.4 Å². The molecule has 25 heavy (non-hydrogen) atoms. The summed E-state index contributed by atoms with van der Waals surface area (Å²) >= 11 is 18.3. The molecule has 2 aromatic carbocycles. The summed E-state index contributed by atoms with van der Waals surface area (Å²) in [4.78, 5) is 7.01. The summed E-state index contributed by atoms with van der Waals surface area (Å²) < 4.78 is 0. The second kappa shape index (κ2) is 6.57. The highest BCUT2D eigenvalue weighted by Crippen LogP contribution is 2.34. The van der Waals surface area contributed by atoms with Crippen molar-refractivity contribution in [1.82, 2.24) is 10.4 Å². The molecular weight excluding hydrogens is 375 g/mol. The molecule has 0 radical (unpaired) electrons. The maximum Gasteiger partial charge on any atom is 0.189 e. The van der Waals surface area contributed by atoms with E-state index < -0.39 is 0 Å². The lowest BCUT2D eigenvalue weighted by molar-refractivity contribution is 0.214. The van der Waals surface area contributed by atoms with Crippen LogP contribution in [0.25, 0.3) is 0 Å². The van der Waals surface area contributed by atoms with Crippen LogP contribution < -0.4 is 10.3 Å². The van der Waals surface area contributed by atoms with Gasteiger partial charge in [-0.3, -0.25) is 15.3 Å². The normalized spacial score (nSPS) is 19.8. The van der Waals surface area contributed by atoms with Gasteiger partial charge in [-0.25, -0.2) is 0 Å². The van der Waals surface area contributed by atoms with Crippen molar-refractivity contribution in [2.24, 2.45) is 4.99 Å². The molecule has 4 nitrogen and oxygen atoms in total. The molecule has 2 aromatic rings. The molecule has 0 amide bonds. The van der Waals surface area contributed by atoms with Gasteiger partial charge in [-0.1, -0.05) is 48.3 Å². The molecular formula is C18H16Cl2N4S. The van der Waals surface area contributed by atoms with E-state index in [0.717, 1.165) is 29.1 Å². The Morgan fingerprint density at radius 3 is 2.76 bits per heavy atom. The van der Waals surface area contributed by atoms with E-state index in [9.17, 15) is 0 Å². The Labute approximate surface area is 162 Å². The van der Waals surface area contributed by atoms with Crippen LogP contribution in [0.5, 0.6) is 0 Å². The summed E-state index contributed by atoms with van der Waals surface area (Å²) in [5.74, 6) is 0. The van der Waals surface area contributed by atoms with Crippen LogP contribution in [0.3, 0.4) is 0 Å². The molecule has 0 aliphatic carbocycles. The van der Waals surface area contributed by atoms with Crippen molar-refractivity contribution in [1.29, 1.82) is 0 Å². The Hall–Kier alpha value is -1.66. The molecule has 1 saturated heterocycles. The minimum atomic E-state index is 0.0254. The number of fused-ring (bicyclic) bond motifs is 3. The second-order valence-electron chi connectivity index (χ2n) is 5.88. The fourth-order valence-electron chi connectivity index (χ4n) is 3.32. The maximum absolute atomic E-state index is 6.45. The van der Waals surface area contributed by atoms with E-state index in [1.54, 1.807) is 0 Å². The highest BCUT2D eigenvalue weighted by atomic mass is 35.5. The van der Waals surface area contributed by atoms with E-state index in [-0.39, 0.29) is 6.17 Å². The first-order valence-corrected chi connectivity index (χ1v) is 9.22. The maximum atomic E-state index is 6.45. The number of nitrogens with zero attached hydrogens (tertiary/aromatic N) is 3. The van der Waals surface area contributed by atoms with E-state index in [0.29, 0.717) is 21.7 Å². The molecule has 128 valence electrons. The van der Waals surface area contributed by atoms with Gasteiger partial charge in [0, 0.05) is 27.7 Å². The van der Waals surface area contributed by atoms with Crippen LogP contribution >= 0.6 is 35.4 Å². The Morgan fingerprint density at radius 2 is 2.00 bits per heavy atom. The van der Waals surface area contributed by atoms with Gasteiger partial charge in [-0.2, -0.15) is 5.01 Å². The van der Waals surface area contributed by atoms with Crippen molar-refractivity contribution in [3.05, 3.63) is 63.6 Å². The summed E-state index contributed by atoms with van der Waals surface area (Å²) in [6, 6.07) is 13.5. The topological polar surface area (TPSA) is 30.9 Å². The van der Waals surface area contributed by atoms with Crippen LogP contribution in [-0.2, 0) is 0 Å². The Morgan fingerprint density at radius 1 is 1.20 bits per heavy atom. The molecule has 1 unspecified atom stereocenters. The predicted octanol–water partition coefficient (Wildman–Crippen LogP) is 4.10. The molecule has 2 aliphatic rings. The number of hydrogen-bond donors (Lipinski definition) is 1. The van der Waals surface area contributed by atoms with Crippen LogP contribution in [0.1, 0.15) is 18.1 Å². The van der Waals surface area contributed by atoms with Gasteiger partial charge in [-0.05, 0) is 36.5 Å². The summed E-state index contributed by atoms with van der Waals surface area (Å²) in [6.45, 7) is 3.49. The molecule has 1 atom stereocenters. The smallest absolute Gasteiger partial charge is 0.189 e. The fraction of sp³-hybridized carbons (Fsp3) is 0.222. The van der Waals surface area contributed by atoms with Crippen LogP contribution in [0.15, 0.2) is 47.5 Å². The van der Waals surface area contributed by atoms with Gasteiger partial charge in [0.15, 0.2) is 5.11 Å². The number of hydrazine groups is 1. The van der Waals surface area contributed by atoms with Crippen molar-refractivity contribution in [3.8, 4) is 0 Å². The first-order valence-electron chi connectivity index (χ1n) is 8.06. The highest BCUT2D eigenvalue weighted by Gasteiger charge is 2.38. The zero-order chi connectivity index (χ0) is 17.6. The van der Waals surface area contributed by atoms with Crippen molar-refractivity contribution in [3.63, 3.8) is 0 Å². The van der Waals surface area contributed by atoms with E-state index >= 15 is 0 Å². The SMILES string of the molecule is CCN1NC(=S)N2c3ccc(Cl)cc3C(c3ccccc3Cl)=NCC12. The van der Waals surface area contributed by atoms with Crippen molar-refractivity contribution in [2.45, 2.75) is 13.1 Å². The molecule has 1 N–H and O–H groups in total. The van der Waals surface area contributed by atoms with Crippen LogP contribution in [0.4, 0.5) is 5.69 Å². The number of hydrogen-bond acceptors (Lipinski definition) is 3. The first-order chi connectivity index (χ1) is 12.1. The van der Waals surface area contributed by atoms with Gasteiger partial charge < -0.3 is 0 Å². The Kier molecular flexibility index (Phi) is 4.41. The highest BCUT2D eigenvalue weighted by molar-refractivity contribution is 7.80. The number of aliphatic imine (C=N–C) groups is 1. The number of nitrogens with one attached hydrogen (secondary N) is 1. The lowest BCUT2D eigenvalue weighted by atomic mass is 10.00. The van der Waals surface area contributed by atoms with E-state index in [1.807, 2.05) is 42.5 Å². The minimum absolute atomic E-state index is 0.0254. The second-order valence-corrected chi connectivity index (χ2v) is 7.11. The zero-order valence-electron chi connectivity index (χ0n) is 13.5. The average molecular weight is 391 g/mol. The quantitative estimate of drug-likeness (QED) is 0.781. The largest absolute Gasteiger partial charge is 0.297 e. The van der Waals surface area contributed by atoms with Crippen molar-refractivity contribution >= 4 is 51.9 Å². The van der Waals surface area contributed by atoms with Gasteiger partial charge in [0.25, 0.3) is 0 Å². The molecule has 4 rings (SSSR count). The minimum Gasteiger partial charge on any atom is -0.297 e. The summed E-state index contributed by atoms with van der Waals surface area (Å²) in [6.07, 6.45) is 0.0254. The summed E-state index contributed by atoms with van der Waals surface area (Å²) in [5, 5.41) is 4.09. The predicted molar refractivity (Wildman–Crippen MR) is 108 cm³/mol. The first kappa shape index (κ1) is 16.8. The lowest BCUT2D eigenvalue weighted by Crippen LogP contribution is -2.42. The molecule has 0 bridgehead atoms. The molecule has 1 fully saturated rings. The van der Waals surface area contributed by atoms with Crippen molar-refractivity contribution in [2.75, 3.05) is 18.0 Å². The third kappa shape index (κ3) is 2.81. The van der Waals surface area contributed by atoms with Gasteiger partial charge in [0.1, 0.15) is 6.17 Å². The van der Waals surface area contributed by atoms with Crippen LogP contribution in [0, 0.1) is 0 Å². The number of halogens is 2. The van der Waals surface area contributed by atoms with Gasteiger partial charge >= 0.3 is 0 Å².